The van der Waals surface area contributed by atoms with Gasteiger partial charge >= 0.3 is 0 Å². The molecule has 9 nitrogen and oxygen atoms in total. The number of carbonyl (C=O) groups excluding carboxylic acids is 3. The number of nitrogens with one attached hydrogen (secondary N) is 1. The molecule has 3 amide bonds. The van der Waals surface area contributed by atoms with Gasteiger partial charge in [0.1, 0.15) is 17.7 Å². The van der Waals surface area contributed by atoms with E-state index in [0.717, 1.165) is 36.9 Å². The maximum atomic E-state index is 13.1. The third-order valence-corrected chi connectivity index (χ3v) is 5.31. The van der Waals surface area contributed by atoms with Crippen LogP contribution in [0.3, 0.4) is 0 Å². The van der Waals surface area contributed by atoms with Crippen molar-refractivity contribution in [2.24, 2.45) is 16.9 Å². The van der Waals surface area contributed by atoms with Crippen molar-refractivity contribution >= 4 is 30.3 Å². The Balaban J connectivity index is 1.69. The molecule has 1 aliphatic heterocycles. The van der Waals surface area contributed by atoms with Crippen LogP contribution in [0, 0.1) is 17.7 Å². The summed E-state index contributed by atoms with van der Waals surface area (Å²) in [6, 6.07) is 1.62. The summed E-state index contributed by atoms with van der Waals surface area (Å²) in [5.41, 5.74) is 0. The Labute approximate surface area is 167 Å². The van der Waals surface area contributed by atoms with Crippen molar-refractivity contribution in [1.82, 2.24) is 15.1 Å². The minimum absolute atomic E-state index is 0.154. The molecule has 1 fully saturated rings. The zero-order valence-corrected chi connectivity index (χ0v) is 15.9. The number of carbonyl (C=O) groups is 3. The minimum Gasteiger partial charge on any atom is -0.309 e. The molecule has 0 spiro atoms. The molecule has 2 heterocycles. The number of pyridine rings is 1. The number of anilines is 1. The van der Waals surface area contributed by atoms with Crippen molar-refractivity contribution < 1.29 is 24.0 Å². The molecule has 1 saturated carbocycles. The van der Waals surface area contributed by atoms with Crippen LogP contribution in [-0.2, 0) is 14.4 Å². The Kier molecular flexibility index (Phi) is 6.86. The molecule has 1 aromatic heterocycles. The quantitative estimate of drug-likeness (QED) is 0.389. The van der Waals surface area contributed by atoms with Gasteiger partial charge in [0.25, 0.3) is 5.91 Å². The fraction of sp³-hybridized carbons (Fsp3) is 0.526. The SMILES string of the molecule is O=CN(O)CC(CC1CCCC1)C(=O)N1N=CC[C@H]1C(=O)Nc1ccc(F)cn1. The van der Waals surface area contributed by atoms with Gasteiger partial charge in [-0.1, -0.05) is 25.7 Å². The summed E-state index contributed by atoms with van der Waals surface area (Å²) >= 11 is 0. The molecule has 0 bridgehead atoms. The monoisotopic (exact) mass is 405 g/mol. The van der Waals surface area contributed by atoms with Crippen LogP contribution in [0.5, 0.6) is 0 Å². The molecule has 2 N–H and O–H groups in total. The van der Waals surface area contributed by atoms with E-state index in [0.29, 0.717) is 17.4 Å². The molecule has 0 saturated heterocycles. The predicted molar refractivity (Wildman–Crippen MR) is 101 cm³/mol. The van der Waals surface area contributed by atoms with Gasteiger partial charge in [0, 0.05) is 12.6 Å². The molecule has 29 heavy (non-hydrogen) atoms. The van der Waals surface area contributed by atoms with Crippen LogP contribution in [0.4, 0.5) is 10.2 Å². The van der Waals surface area contributed by atoms with E-state index in [2.05, 4.69) is 15.4 Å². The number of hydroxylamine groups is 2. The van der Waals surface area contributed by atoms with Gasteiger partial charge in [-0.15, -0.1) is 0 Å². The standard InChI is InChI=1S/C19H24FN5O4/c20-15-5-6-17(21-10-15)23-18(27)16-7-8-22-25(16)19(28)14(11-24(29)12-26)9-13-3-1-2-4-13/h5-6,8,10,12-14,16,29H,1-4,7,9,11H2,(H,21,23,27)/t14?,16-/m0/s1. The van der Waals surface area contributed by atoms with E-state index in [4.69, 9.17) is 0 Å². The van der Waals surface area contributed by atoms with Gasteiger partial charge in [0.05, 0.1) is 18.7 Å². The van der Waals surface area contributed by atoms with Crippen LogP contribution in [0.2, 0.25) is 0 Å². The van der Waals surface area contributed by atoms with Gasteiger partial charge in [0.2, 0.25) is 12.3 Å². The summed E-state index contributed by atoms with van der Waals surface area (Å²) in [5, 5.41) is 17.8. The summed E-state index contributed by atoms with van der Waals surface area (Å²) in [6.07, 6.45) is 7.65. The van der Waals surface area contributed by atoms with Gasteiger partial charge in [-0.05, 0) is 24.5 Å². The number of hydrogen-bond donors (Lipinski definition) is 2. The summed E-state index contributed by atoms with van der Waals surface area (Å²) in [5.74, 6) is -1.60. The Bertz CT molecular complexity index is 766. The molecule has 1 unspecified atom stereocenters. The predicted octanol–water partition coefficient (Wildman–Crippen LogP) is 1.79. The van der Waals surface area contributed by atoms with E-state index in [1.807, 2.05) is 0 Å². The zero-order chi connectivity index (χ0) is 20.8. The van der Waals surface area contributed by atoms with Crippen molar-refractivity contribution in [2.45, 2.75) is 44.6 Å². The molecule has 0 radical (unpaired) electrons. The van der Waals surface area contributed by atoms with Crippen molar-refractivity contribution in [3.8, 4) is 0 Å². The second-order valence-corrected chi connectivity index (χ2v) is 7.39. The van der Waals surface area contributed by atoms with Crippen LogP contribution < -0.4 is 5.32 Å². The fourth-order valence-corrected chi connectivity index (χ4v) is 3.86. The summed E-state index contributed by atoms with van der Waals surface area (Å²) < 4.78 is 13.0. The Morgan fingerprint density at radius 3 is 2.79 bits per heavy atom. The molecule has 0 aromatic carbocycles. The number of amides is 3. The number of hydrazone groups is 1. The Morgan fingerprint density at radius 2 is 2.14 bits per heavy atom. The lowest BCUT2D eigenvalue weighted by atomic mass is 9.92. The fourth-order valence-electron chi connectivity index (χ4n) is 3.86. The highest BCUT2D eigenvalue weighted by atomic mass is 19.1. The third kappa shape index (κ3) is 5.35. The highest BCUT2D eigenvalue weighted by Crippen LogP contribution is 2.32. The average Bonchev–Trinajstić information content (AvgIpc) is 3.40. The number of nitrogens with zero attached hydrogens (tertiary/aromatic N) is 4. The molecular weight excluding hydrogens is 381 g/mol. The van der Waals surface area contributed by atoms with E-state index in [1.54, 1.807) is 0 Å². The topological polar surface area (TPSA) is 115 Å². The van der Waals surface area contributed by atoms with Gasteiger partial charge in [-0.2, -0.15) is 5.10 Å². The zero-order valence-electron chi connectivity index (χ0n) is 15.9. The molecule has 10 heteroatoms. The molecule has 156 valence electrons. The van der Waals surface area contributed by atoms with Gasteiger partial charge in [-0.3, -0.25) is 19.6 Å². The molecule has 3 rings (SSSR count). The first-order valence-corrected chi connectivity index (χ1v) is 9.66. The molecule has 1 aromatic rings. The number of halogens is 1. The highest BCUT2D eigenvalue weighted by molar-refractivity contribution is 5.99. The second kappa shape index (κ2) is 9.55. The molecular formula is C19H24FN5O4. The lowest BCUT2D eigenvalue weighted by Crippen LogP contribution is -2.46. The molecule has 2 aliphatic rings. The van der Waals surface area contributed by atoms with E-state index in [9.17, 15) is 24.0 Å². The summed E-state index contributed by atoms with van der Waals surface area (Å²) in [4.78, 5) is 40.4. The first kappa shape index (κ1) is 20.8. The average molecular weight is 405 g/mol. The molecule has 2 atom stereocenters. The normalized spacial score (nSPS) is 19.9. The lowest BCUT2D eigenvalue weighted by molar-refractivity contribution is -0.158. The van der Waals surface area contributed by atoms with Crippen LogP contribution in [-0.4, -0.2) is 57.3 Å². The van der Waals surface area contributed by atoms with Crippen molar-refractivity contribution in [1.29, 1.82) is 0 Å². The highest BCUT2D eigenvalue weighted by Gasteiger charge is 2.38. The van der Waals surface area contributed by atoms with Crippen LogP contribution in [0.25, 0.3) is 0 Å². The Morgan fingerprint density at radius 1 is 1.38 bits per heavy atom. The van der Waals surface area contributed by atoms with Crippen molar-refractivity contribution in [3.05, 3.63) is 24.1 Å². The van der Waals surface area contributed by atoms with Crippen molar-refractivity contribution in [3.63, 3.8) is 0 Å². The third-order valence-electron chi connectivity index (χ3n) is 5.31. The first-order chi connectivity index (χ1) is 14.0. The van der Waals surface area contributed by atoms with E-state index < -0.39 is 29.6 Å². The van der Waals surface area contributed by atoms with Crippen molar-refractivity contribution in [2.75, 3.05) is 11.9 Å². The molecule has 1 aliphatic carbocycles. The number of rotatable bonds is 8. The van der Waals surface area contributed by atoms with Gasteiger partial charge in [-0.25, -0.2) is 19.4 Å². The van der Waals surface area contributed by atoms with Crippen LogP contribution in [0.15, 0.2) is 23.4 Å². The largest absolute Gasteiger partial charge is 0.309 e. The van der Waals surface area contributed by atoms with Gasteiger partial charge in [0.15, 0.2) is 0 Å². The van der Waals surface area contributed by atoms with E-state index in [-0.39, 0.29) is 25.2 Å². The summed E-state index contributed by atoms with van der Waals surface area (Å²) in [7, 11) is 0. The van der Waals surface area contributed by atoms with Crippen LogP contribution >= 0.6 is 0 Å². The first-order valence-electron chi connectivity index (χ1n) is 9.66. The van der Waals surface area contributed by atoms with E-state index in [1.165, 1.54) is 18.3 Å². The summed E-state index contributed by atoms with van der Waals surface area (Å²) in [6.45, 7) is -0.154. The van der Waals surface area contributed by atoms with Gasteiger partial charge < -0.3 is 5.32 Å². The number of hydrogen-bond acceptors (Lipinski definition) is 6. The number of aromatic nitrogens is 1. The second-order valence-electron chi connectivity index (χ2n) is 7.39. The minimum atomic E-state index is -0.871. The lowest BCUT2D eigenvalue weighted by Gasteiger charge is -2.28. The van der Waals surface area contributed by atoms with Crippen LogP contribution in [0.1, 0.15) is 38.5 Å². The Hall–Kier alpha value is -2.88. The maximum absolute atomic E-state index is 13.1. The maximum Gasteiger partial charge on any atom is 0.250 e. The van der Waals surface area contributed by atoms with E-state index >= 15 is 0 Å². The smallest absolute Gasteiger partial charge is 0.250 e.